The molecule has 1 fully saturated rings. The molecule has 0 aliphatic carbocycles. The smallest absolute Gasteiger partial charge is 0.726 e. The minimum absolute atomic E-state index is 0. The topological polar surface area (TPSA) is 279 Å². The summed E-state index contributed by atoms with van der Waals surface area (Å²) in [5.41, 5.74) is 1.16. The number of halogens is 1. The van der Waals surface area contributed by atoms with Gasteiger partial charge in [0.1, 0.15) is 5.69 Å². The van der Waals surface area contributed by atoms with Gasteiger partial charge in [-0.3, -0.25) is 14.0 Å². The van der Waals surface area contributed by atoms with E-state index >= 15 is 0 Å². The van der Waals surface area contributed by atoms with Crippen molar-refractivity contribution in [3.8, 4) is 5.75 Å². The summed E-state index contributed by atoms with van der Waals surface area (Å²) < 4.78 is 70.3. The van der Waals surface area contributed by atoms with E-state index in [1.807, 2.05) is 4.90 Å². The van der Waals surface area contributed by atoms with Gasteiger partial charge in [0.2, 0.25) is 27.6 Å². The van der Waals surface area contributed by atoms with Gasteiger partial charge in [-0.2, -0.15) is 24.4 Å². The maximum Gasteiger partial charge on any atom is 1.00 e. The molecule has 3 N–H and O–H groups in total. The van der Waals surface area contributed by atoms with Crippen molar-refractivity contribution in [3.63, 3.8) is 0 Å². The van der Waals surface area contributed by atoms with Crippen LogP contribution >= 0.6 is 23.6 Å². The van der Waals surface area contributed by atoms with Crippen LogP contribution in [-0.2, 0) is 38.5 Å². The molecular formula is C32H27ClN8Na2O12S3. The second kappa shape index (κ2) is 21.4. The molecule has 0 saturated carbocycles. The number of hydrogen-bond donors (Lipinski definition) is 3. The Labute approximate surface area is 384 Å². The second-order valence-electron chi connectivity index (χ2n) is 11.5. The number of hydrogen-bond acceptors (Lipinski definition) is 20. The van der Waals surface area contributed by atoms with Gasteiger partial charge < -0.3 is 35.2 Å². The van der Waals surface area contributed by atoms with Gasteiger partial charge in [0.05, 0.1) is 53.1 Å². The van der Waals surface area contributed by atoms with E-state index in [1.54, 1.807) is 24.3 Å². The number of aromatic nitrogens is 3. The average molecular weight is 893 g/mol. The zero-order valence-electron chi connectivity index (χ0n) is 30.4. The van der Waals surface area contributed by atoms with E-state index in [9.17, 15) is 36.5 Å². The van der Waals surface area contributed by atoms with Gasteiger partial charge in [0.15, 0.2) is 15.6 Å². The van der Waals surface area contributed by atoms with E-state index in [1.165, 1.54) is 48.5 Å². The summed E-state index contributed by atoms with van der Waals surface area (Å²) >= 11 is 6.69. The number of morpholine rings is 1. The van der Waals surface area contributed by atoms with E-state index in [4.69, 9.17) is 16.3 Å². The third-order valence-corrected chi connectivity index (χ3v) is 10.7. The Morgan fingerprint density at radius 3 is 2.31 bits per heavy atom. The molecule has 0 spiro atoms. The summed E-state index contributed by atoms with van der Waals surface area (Å²) in [5, 5.41) is 40.4. The minimum Gasteiger partial charge on any atom is -0.726 e. The standard InChI is InChI=1S/C32H29ClN8O12S3.2Na/c33-30-36-31(38-32(37-30)41-11-13-50-14-12-41)35-23-6-3-20-17-26(54-53-52-44)27(28(42)25(20)18-23)40-39-22-4-1-19(2-5-22)29(43)34-21-7-9-24(10-8-21)55(45,46)16-15-51-56(47,48)49;;/h1-10,17-18,42,44H,11-16H2,(H,34,43)(H,47,48,49)(H,35,36,37,38);;/q;2*+1/p-2. The van der Waals surface area contributed by atoms with Crippen molar-refractivity contribution in [1.82, 2.24) is 15.0 Å². The molecule has 6 rings (SSSR count). The third-order valence-electron chi connectivity index (χ3n) is 7.80. The van der Waals surface area contributed by atoms with Crippen molar-refractivity contribution in [2.75, 3.05) is 54.2 Å². The number of benzene rings is 4. The number of ether oxygens (including phenoxy) is 1. The number of phenolic OH excluding ortho intramolecular Hbond substituents is 1. The Morgan fingerprint density at radius 1 is 0.948 bits per heavy atom. The molecule has 0 unspecified atom stereocenters. The number of fused-ring (bicyclic) bond motifs is 1. The predicted molar refractivity (Wildman–Crippen MR) is 198 cm³/mol. The maximum atomic E-state index is 12.9. The number of phenols is 1. The largest absolute Gasteiger partial charge is 1.00 e. The zero-order valence-corrected chi connectivity index (χ0v) is 37.6. The summed E-state index contributed by atoms with van der Waals surface area (Å²) in [6, 6.07) is 17.5. The number of sulfone groups is 1. The van der Waals surface area contributed by atoms with Crippen LogP contribution in [0.2, 0.25) is 5.28 Å². The van der Waals surface area contributed by atoms with Crippen molar-refractivity contribution in [1.29, 1.82) is 0 Å². The molecule has 26 heteroatoms. The molecule has 0 atom stereocenters. The fourth-order valence-electron chi connectivity index (χ4n) is 5.16. The van der Waals surface area contributed by atoms with Crippen molar-refractivity contribution < 1.29 is 114 Å². The number of amides is 1. The first kappa shape index (κ1) is 47.6. The van der Waals surface area contributed by atoms with Crippen LogP contribution in [0.15, 0.2) is 92.8 Å². The normalized spacial score (nSPS) is 13.2. The quantitative estimate of drug-likeness (QED) is 0.0197. The number of nitrogens with zero attached hydrogens (tertiary/aromatic N) is 6. The summed E-state index contributed by atoms with van der Waals surface area (Å²) in [4.78, 5) is 27.7. The van der Waals surface area contributed by atoms with Crippen molar-refractivity contribution in [3.05, 3.63) is 83.6 Å². The monoisotopic (exact) mass is 892 g/mol. The maximum absolute atomic E-state index is 12.9. The molecule has 1 aromatic heterocycles. The number of nitrogens with one attached hydrogen (secondary N) is 2. The minimum atomic E-state index is -5.04. The number of azo groups is 1. The summed E-state index contributed by atoms with van der Waals surface area (Å²) in [7, 11) is -9.01. The average Bonchev–Trinajstić information content (AvgIpc) is 3.17. The Bertz CT molecular complexity index is 2490. The molecule has 5 aromatic rings. The van der Waals surface area contributed by atoms with Gasteiger partial charge in [-0.25, -0.2) is 16.8 Å². The van der Waals surface area contributed by atoms with Crippen LogP contribution in [0.25, 0.3) is 10.8 Å². The molecular weight excluding hydrogens is 866 g/mol. The van der Waals surface area contributed by atoms with E-state index in [0.29, 0.717) is 60.8 Å². The molecule has 294 valence electrons. The fourth-order valence-corrected chi connectivity index (χ4v) is 7.29. The Balaban J connectivity index is 0.00000372. The molecule has 1 aliphatic rings. The molecule has 20 nitrogen and oxygen atoms in total. The van der Waals surface area contributed by atoms with Gasteiger partial charge in [-0.05, 0) is 83.7 Å². The number of aromatic hydroxyl groups is 1. The first-order valence-corrected chi connectivity index (χ1v) is 20.1. The van der Waals surface area contributed by atoms with Crippen LogP contribution in [0.5, 0.6) is 5.75 Å². The predicted octanol–water partition coefficient (Wildman–Crippen LogP) is -1.88. The van der Waals surface area contributed by atoms with Crippen LogP contribution in [0, 0.1) is 0 Å². The first-order valence-electron chi connectivity index (χ1n) is 16.0. The van der Waals surface area contributed by atoms with Crippen LogP contribution in [-0.4, -0.2) is 86.0 Å². The Kier molecular flexibility index (Phi) is 17.6. The molecule has 1 amide bonds. The van der Waals surface area contributed by atoms with E-state index < -0.39 is 38.5 Å². The van der Waals surface area contributed by atoms with Crippen molar-refractivity contribution in [2.24, 2.45) is 10.2 Å². The van der Waals surface area contributed by atoms with Gasteiger partial charge in [0.25, 0.3) is 5.91 Å². The van der Waals surface area contributed by atoms with Crippen LogP contribution in [0.4, 0.5) is 34.6 Å². The van der Waals surface area contributed by atoms with Crippen molar-refractivity contribution >= 4 is 95.2 Å². The van der Waals surface area contributed by atoms with Gasteiger partial charge in [-0.15, -0.1) is 5.11 Å². The molecule has 1 aliphatic heterocycles. The van der Waals surface area contributed by atoms with Gasteiger partial charge in [-0.1, -0.05) is 6.07 Å². The first-order chi connectivity index (χ1) is 26.8. The zero-order chi connectivity index (χ0) is 39.9. The summed E-state index contributed by atoms with van der Waals surface area (Å²) in [6.07, 6.45) is 0. The number of carbonyl (C=O) groups excluding carboxylic acids is 1. The second-order valence-corrected chi connectivity index (χ2v) is 15.7. The third kappa shape index (κ3) is 13.0. The number of rotatable bonds is 15. The number of anilines is 4. The molecule has 4 aromatic carbocycles. The molecule has 58 heavy (non-hydrogen) atoms. The van der Waals surface area contributed by atoms with Crippen LogP contribution in [0.3, 0.4) is 0 Å². The van der Waals surface area contributed by atoms with E-state index in [2.05, 4.69) is 49.4 Å². The summed E-state index contributed by atoms with van der Waals surface area (Å²) in [6.45, 7) is 1.37. The SMILES string of the molecule is O=C(Nc1ccc(S(=O)(=O)CCOS(=O)(=O)[O-])cc1)c1ccc(N=Nc2c(SOO[O-])cc3ccc(Nc4nc(Cl)nc(N5CCOCC5)n4)cc3c2O)cc1.[Na+].[Na+]. The Morgan fingerprint density at radius 2 is 1.64 bits per heavy atom. The molecule has 0 bridgehead atoms. The van der Waals surface area contributed by atoms with Crippen LogP contribution in [0.1, 0.15) is 10.4 Å². The van der Waals surface area contributed by atoms with Crippen molar-refractivity contribution in [2.45, 2.75) is 9.79 Å². The molecule has 2 heterocycles. The van der Waals surface area contributed by atoms with E-state index in [0.717, 1.165) is 0 Å². The van der Waals surface area contributed by atoms with Gasteiger partial charge >= 0.3 is 59.1 Å². The van der Waals surface area contributed by atoms with Gasteiger partial charge in [0, 0.05) is 35.4 Å². The van der Waals surface area contributed by atoms with Crippen LogP contribution < -0.4 is 79.9 Å². The molecule has 0 radical (unpaired) electrons. The van der Waals surface area contributed by atoms with E-state index in [-0.39, 0.29) is 109 Å². The molecule has 1 saturated heterocycles. The number of carbonyl (C=O) groups is 1. The summed E-state index contributed by atoms with van der Waals surface area (Å²) in [5.74, 6) is -1.05. The Hall–Kier alpha value is -3.08. The fraction of sp³-hybridized carbons (Fsp3) is 0.188.